The molecule has 0 atom stereocenters. The standard InChI is InChI=1S/C12H20N4/c1-12(7-3-2-4-8-12)9-14-11-6-5-10(13)15-16-11/h5-6H,2-4,7-9H2,1H3,(H2,13,15)(H,14,16). The maximum absolute atomic E-state index is 5.49. The van der Waals surface area contributed by atoms with Gasteiger partial charge in [0.2, 0.25) is 0 Å². The smallest absolute Gasteiger partial charge is 0.148 e. The molecule has 1 saturated carbocycles. The molecule has 0 spiro atoms. The Morgan fingerprint density at radius 2 is 2.00 bits per heavy atom. The third-order valence-electron chi connectivity index (χ3n) is 3.44. The highest BCUT2D eigenvalue weighted by atomic mass is 15.2. The van der Waals surface area contributed by atoms with E-state index in [1.807, 2.05) is 6.07 Å². The molecule has 2 rings (SSSR count). The molecule has 0 saturated heterocycles. The van der Waals surface area contributed by atoms with Gasteiger partial charge in [0.1, 0.15) is 11.6 Å². The lowest BCUT2D eigenvalue weighted by atomic mass is 9.76. The van der Waals surface area contributed by atoms with Crippen LogP contribution in [0.2, 0.25) is 0 Å². The minimum Gasteiger partial charge on any atom is -0.382 e. The van der Waals surface area contributed by atoms with Crippen molar-refractivity contribution < 1.29 is 0 Å². The third kappa shape index (κ3) is 2.84. The zero-order valence-corrected chi connectivity index (χ0v) is 9.87. The molecule has 4 heteroatoms. The van der Waals surface area contributed by atoms with Crippen molar-refractivity contribution in [2.75, 3.05) is 17.6 Å². The molecular weight excluding hydrogens is 200 g/mol. The van der Waals surface area contributed by atoms with Crippen LogP contribution in [0.25, 0.3) is 0 Å². The highest BCUT2D eigenvalue weighted by Gasteiger charge is 2.26. The van der Waals surface area contributed by atoms with Crippen LogP contribution in [0.4, 0.5) is 11.6 Å². The summed E-state index contributed by atoms with van der Waals surface area (Å²) >= 11 is 0. The van der Waals surface area contributed by atoms with Gasteiger partial charge in [-0.15, -0.1) is 10.2 Å². The van der Waals surface area contributed by atoms with Crippen molar-refractivity contribution in [2.45, 2.75) is 39.0 Å². The summed E-state index contributed by atoms with van der Waals surface area (Å²) in [5, 5.41) is 11.2. The molecule has 0 amide bonds. The van der Waals surface area contributed by atoms with Gasteiger partial charge in [-0.2, -0.15) is 0 Å². The molecule has 4 nitrogen and oxygen atoms in total. The second-order valence-electron chi connectivity index (χ2n) is 5.07. The second-order valence-corrected chi connectivity index (χ2v) is 5.07. The van der Waals surface area contributed by atoms with E-state index >= 15 is 0 Å². The Morgan fingerprint density at radius 3 is 2.62 bits per heavy atom. The average molecular weight is 220 g/mol. The minimum absolute atomic E-state index is 0.418. The van der Waals surface area contributed by atoms with E-state index < -0.39 is 0 Å². The van der Waals surface area contributed by atoms with E-state index in [-0.39, 0.29) is 0 Å². The van der Waals surface area contributed by atoms with Gasteiger partial charge in [-0.25, -0.2) is 0 Å². The van der Waals surface area contributed by atoms with Crippen molar-refractivity contribution in [3.05, 3.63) is 12.1 Å². The molecular formula is C12H20N4. The lowest BCUT2D eigenvalue weighted by Gasteiger charge is -2.33. The first-order valence-corrected chi connectivity index (χ1v) is 6.01. The van der Waals surface area contributed by atoms with E-state index in [0.29, 0.717) is 11.2 Å². The number of nitrogens with one attached hydrogen (secondary N) is 1. The number of nitrogens with two attached hydrogens (primary N) is 1. The van der Waals surface area contributed by atoms with E-state index in [1.54, 1.807) is 6.07 Å². The molecule has 0 aromatic carbocycles. The lowest BCUT2D eigenvalue weighted by molar-refractivity contribution is 0.233. The summed E-state index contributed by atoms with van der Waals surface area (Å²) in [5.74, 6) is 1.29. The summed E-state index contributed by atoms with van der Waals surface area (Å²) in [4.78, 5) is 0. The SMILES string of the molecule is CC1(CNc2ccc(N)nn2)CCCCC1. The molecule has 0 radical (unpaired) electrons. The van der Waals surface area contributed by atoms with Crippen molar-refractivity contribution >= 4 is 11.6 Å². The Balaban J connectivity index is 1.88. The van der Waals surface area contributed by atoms with Crippen LogP contribution in [0, 0.1) is 5.41 Å². The maximum Gasteiger partial charge on any atom is 0.148 e. The predicted molar refractivity (Wildman–Crippen MR) is 66.1 cm³/mol. The fourth-order valence-corrected chi connectivity index (χ4v) is 2.32. The number of nitrogen functional groups attached to an aromatic ring is 1. The highest BCUT2D eigenvalue weighted by Crippen LogP contribution is 2.35. The van der Waals surface area contributed by atoms with Gasteiger partial charge in [0.05, 0.1) is 0 Å². The highest BCUT2D eigenvalue weighted by molar-refractivity contribution is 5.38. The molecule has 1 aliphatic carbocycles. The van der Waals surface area contributed by atoms with Gasteiger partial charge in [-0.1, -0.05) is 26.2 Å². The second kappa shape index (κ2) is 4.68. The largest absolute Gasteiger partial charge is 0.382 e. The first kappa shape index (κ1) is 11.2. The fraction of sp³-hybridized carbons (Fsp3) is 0.667. The monoisotopic (exact) mass is 220 g/mol. The molecule has 16 heavy (non-hydrogen) atoms. The molecule has 1 heterocycles. The summed E-state index contributed by atoms with van der Waals surface area (Å²) in [6.45, 7) is 3.33. The normalized spacial score (nSPS) is 19.3. The van der Waals surface area contributed by atoms with E-state index in [4.69, 9.17) is 5.73 Å². The van der Waals surface area contributed by atoms with Gasteiger partial charge in [0.15, 0.2) is 0 Å². The van der Waals surface area contributed by atoms with Crippen LogP contribution in [0.5, 0.6) is 0 Å². The van der Waals surface area contributed by atoms with E-state index in [2.05, 4.69) is 22.4 Å². The zero-order chi connectivity index (χ0) is 11.4. The van der Waals surface area contributed by atoms with Gasteiger partial charge < -0.3 is 11.1 Å². The van der Waals surface area contributed by atoms with E-state index in [0.717, 1.165) is 12.4 Å². The van der Waals surface area contributed by atoms with Gasteiger partial charge >= 0.3 is 0 Å². The summed E-state index contributed by atoms with van der Waals surface area (Å²) in [6, 6.07) is 3.66. The van der Waals surface area contributed by atoms with Crippen LogP contribution >= 0.6 is 0 Å². The van der Waals surface area contributed by atoms with Crippen LogP contribution in [0.15, 0.2) is 12.1 Å². The summed E-state index contributed by atoms with van der Waals surface area (Å²) in [6.07, 6.45) is 6.71. The van der Waals surface area contributed by atoms with Crippen LogP contribution in [-0.4, -0.2) is 16.7 Å². The van der Waals surface area contributed by atoms with Crippen molar-refractivity contribution in [1.82, 2.24) is 10.2 Å². The number of hydrogen-bond donors (Lipinski definition) is 2. The number of rotatable bonds is 3. The van der Waals surface area contributed by atoms with Crippen molar-refractivity contribution in [3.8, 4) is 0 Å². The Hall–Kier alpha value is -1.32. The molecule has 1 aromatic rings. The molecule has 1 aliphatic rings. The van der Waals surface area contributed by atoms with Gasteiger partial charge in [-0.3, -0.25) is 0 Å². The summed E-state index contributed by atoms with van der Waals surface area (Å²) in [5.41, 5.74) is 5.91. The first-order chi connectivity index (χ1) is 7.68. The third-order valence-corrected chi connectivity index (χ3v) is 3.44. The minimum atomic E-state index is 0.418. The first-order valence-electron chi connectivity index (χ1n) is 6.01. The fourth-order valence-electron chi connectivity index (χ4n) is 2.32. The zero-order valence-electron chi connectivity index (χ0n) is 9.87. The molecule has 0 unspecified atom stereocenters. The Morgan fingerprint density at radius 1 is 1.25 bits per heavy atom. The summed E-state index contributed by atoms with van der Waals surface area (Å²) < 4.78 is 0. The van der Waals surface area contributed by atoms with E-state index in [1.165, 1.54) is 32.1 Å². The van der Waals surface area contributed by atoms with Crippen molar-refractivity contribution in [1.29, 1.82) is 0 Å². The molecule has 1 aromatic heterocycles. The molecule has 1 fully saturated rings. The maximum atomic E-state index is 5.49. The van der Waals surface area contributed by atoms with Crippen molar-refractivity contribution in [3.63, 3.8) is 0 Å². The molecule has 3 N–H and O–H groups in total. The lowest BCUT2D eigenvalue weighted by Crippen LogP contribution is -2.29. The predicted octanol–water partition coefficient (Wildman–Crippen LogP) is 2.44. The molecule has 0 bridgehead atoms. The van der Waals surface area contributed by atoms with Crippen LogP contribution < -0.4 is 11.1 Å². The van der Waals surface area contributed by atoms with Crippen LogP contribution in [-0.2, 0) is 0 Å². The van der Waals surface area contributed by atoms with Crippen LogP contribution in [0.3, 0.4) is 0 Å². The molecule has 0 aliphatic heterocycles. The molecule has 88 valence electrons. The quantitative estimate of drug-likeness (QED) is 0.821. The average Bonchev–Trinajstić information content (AvgIpc) is 2.29. The van der Waals surface area contributed by atoms with E-state index in [9.17, 15) is 0 Å². The topological polar surface area (TPSA) is 63.8 Å². The number of nitrogens with zero attached hydrogens (tertiary/aromatic N) is 2. The van der Waals surface area contributed by atoms with Crippen LogP contribution in [0.1, 0.15) is 39.0 Å². The van der Waals surface area contributed by atoms with Crippen molar-refractivity contribution in [2.24, 2.45) is 5.41 Å². The number of hydrogen-bond acceptors (Lipinski definition) is 4. The Kier molecular flexibility index (Phi) is 3.27. The number of anilines is 2. The Labute approximate surface area is 96.6 Å². The summed E-state index contributed by atoms with van der Waals surface area (Å²) in [7, 11) is 0. The van der Waals surface area contributed by atoms with Gasteiger partial charge in [-0.05, 0) is 30.4 Å². The van der Waals surface area contributed by atoms with Gasteiger partial charge in [0.25, 0.3) is 0 Å². The number of aromatic nitrogens is 2. The Bertz CT molecular complexity index is 327. The van der Waals surface area contributed by atoms with Gasteiger partial charge in [0, 0.05) is 6.54 Å².